The van der Waals surface area contributed by atoms with E-state index in [9.17, 15) is 4.79 Å². The largest absolute Gasteiger partial charge is 0.465 e. The first kappa shape index (κ1) is 22.0. The molecule has 6 heteroatoms. The maximum atomic E-state index is 12.3. The van der Waals surface area contributed by atoms with Crippen molar-refractivity contribution in [2.75, 3.05) is 17.7 Å². The number of aryl methyl sites for hydroxylation is 2. The molecule has 3 rings (SSSR count). The SMILES string of the molecule is CCc1cccc(CC)c1NC(=S)Nc1sc(Cc2ccccc2)cc1C(=O)OC. The number of hydrogen-bond acceptors (Lipinski definition) is 4. The number of benzene rings is 2. The second kappa shape index (κ2) is 10.4. The van der Waals surface area contributed by atoms with Gasteiger partial charge in [-0.2, -0.15) is 0 Å². The van der Waals surface area contributed by atoms with Crippen molar-refractivity contribution in [2.24, 2.45) is 0 Å². The van der Waals surface area contributed by atoms with Crippen LogP contribution in [0.4, 0.5) is 10.7 Å². The number of thiocarbonyl (C=S) groups is 1. The summed E-state index contributed by atoms with van der Waals surface area (Å²) in [4.78, 5) is 13.4. The lowest BCUT2D eigenvalue weighted by atomic mass is 10.0. The van der Waals surface area contributed by atoms with Gasteiger partial charge in [-0.05, 0) is 47.8 Å². The number of ether oxygens (including phenoxy) is 1. The smallest absolute Gasteiger partial charge is 0.340 e. The van der Waals surface area contributed by atoms with Crippen molar-refractivity contribution in [2.45, 2.75) is 33.1 Å². The first-order valence-corrected chi connectivity index (χ1v) is 11.2. The van der Waals surface area contributed by atoms with Crippen LogP contribution in [0.25, 0.3) is 0 Å². The number of carbonyl (C=O) groups excluding carboxylic acids is 1. The van der Waals surface area contributed by atoms with E-state index in [4.69, 9.17) is 17.0 Å². The van der Waals surface area contributed by atoms with E-state index in [2.05, 4.69) is 54.8 Å². The summed E-state index contributed by atoms with van der Waals surface area (Å²) in [6.07, 6.45) is 2.56. The van der Waals surface area contributed by atoms with Gasteiger partial charge in [-0.25, -0.2) is 4.79 Å². The van der Waals surface area contributed by atoms with Crippen LogP contribution < -0.4 is 10.6 Å². The minimum Gasteiger partial charge on any atom is -0.465 e. The molecule has 30 heavy (non-hydrogen) atoms. The van der Waals surface area contributed by atoms with Gasteiger partial charge in [-0.1, -0.05) is 62.4 Å². The van der Waals surface area contributed by atoms with Crippen molar-refractivity contribution in [3.05, 3.63) is 81.7 Å². The van der Waals surface area contributed by atoms with Gasteiger partial charge in [0.05, 0.1) is 12.7 Å². The number of rotatable bonds is 7. The Hall–Kier alpha value is -2.70. The molecular formula is C24H26N2O2S2. The Morgan fingerprint density at radius 1 is 1.00 bits per heavy atom. The molecule has 2 aromatic carbocycles. The summed E-state index contributed by atoms with van der Waals surface area (Å²) in [6.45, 7) is 4.25. The fourth-order valence-corrected chi connectivity index (χ4v) is 4.68. The van der Waals surface area contributed by atoms with Gasteiger partial charge in [-0.3, -0.25) is 0 Å². The van der Waals surface area contributed by atoms with Crippen LogP contribution >= 0.6 is 23.6 Å². The predicted octanol–water partition coefficient (Wildman–Crippen LogP) is 6.06. The minimum atomic E-state index is -0.376. The molecule has 0 atom stereocenters. The zero-order valence-corrected chi connectivity index (χ0v) is 19.1. The van der Waals surface area contributed by atoms with E-state index < -0.39 is 0 Å². The Morgan fingerprint density at radius 3 is 2.27 bits per heavy atom. The fourth-order valence-electron chi connectivity index (χ4n) is 3.33. The van der Waals surface area contributed by atoms with Crippen LogP contribution in [-0.4, -0.2) is 18.2 Å². The molecule has 156 valence electrons. The zero-order chi connectivity index (χ0) is 21.5. The molecule has 0 saturated carbocycles. The lowest BCUT2D eigenvalue weighted by Gasteiger charge is -2.16. The van der Waals surface area contributed by atoms with Gasteiger partial charge in [0.2, 0.25) is 0 Å². The molecule has 0 aliphatic rings. The molecule has 0 unspecified atom stereocenters. The van der Waals surface area contributed by atoms with E-state index in [1.807, 2.05) is 24.3 Å². The van der Waals surface area contributed by atoms with Gasteiger partial charge < -0.3 is 15.4 Å². The third-order valence-corrected chi connectivity index (χ3v) is 6.13. The quantitative estimate of drug-likeness (QED) is 0.347. The van der Waals surface area contributed by atoms with Gasteiger partial charge in [-0.15, -0.1) is 11.3 Å². The van der Waals surface area contributed by atoms with E-state index in [1.165, 1.54) is 35.1 Å². The van der Waals surface area contributed by atoms with Crippen LogP contribution in [0.2, 0.25) is 0 Å². The molecule has 0 amide bonds. The summed E-state index contributed by atoms with van der Waals surface area (Å²) in [5, 5.41) is 7.72. The van der Waals surface area contributed by atoms with Crippen LogP contribution in [0.1, 0.15) is 45.8 Å². The summed E-state index contributed by atoms with van der Waals surface area (Å²) in [7, 11) is 1.39. The van der Waals surface area contributed by atoms with Crippen molar-refractivity contribution in [3.8, 4) is 0 Å². The van der Waals surface area contributed by atoms with Crippen molar-refractivity contribution >= 4 is 45.3 Å². The molecule has 0 aliphatic heterocycles. The highest BCUT2D eigenvalue weighted by molar-refractivity contribution is 7.80. The minimum absolute atomic E-state index is 0.376. The molecule has 0 bridgehead atoms. The molecule has 1 heterocycles. The molecule has 3 aromatic rings. The molecule has 0 aliphatic carbocycles. The number of methoxy groups -OCH3 is 1. The number of carbonyl (C=O) groups is 1. The van der Waals surface area contributed by atoms with Gasteiger partial charge in [0.1, 0.15) is 5.00 Å². The molecule has 0 fully saturated rings. The number of para-hydroxylation sites is 1. The number of anilines is 2. The summed E-state index contributed by atoms with van der Waals surface area (Å²) in [6, 6.07) is 18.3. The van der Waals surface area contributed by atoms with E-state index in [1.54, 1.807) is 0 Å². The monoisotopic (exact) mass is 438 g/mol. The molecule has 0 spiro atoms. The zero-order valence-electron chi connectivity index (χ0n) is 17.5. The average molecular weight is 439 g/mol. The van der Waals surface area contributed by atoms with Gasteiger partial charge in [0, 0.05) is 17.0 Å². The van der Waals surface area contributed by atoms with Crippen LogP contribution in [0.15, 0.2) is 54.6 Å². The van der Waals surface area contributed by atoms with Gasteiger partial charge >= 0.3 is 5.97 Å². The van der Waals surface area contributed by atoms with Crippen molar-refractivity contribution in [1.29, 1.82) is 0 Å². The molecule has 0 saturated heterocycles. The summed E-state index contributed by atoms with van der Waals surface area (Å²) in [5.74, 6) is -0.376. The lowest BCUT2D eigenvalue weighted by molar-refractivity contribution is 0.0602. The second-order valence-corrected chi connectivity index (χ2v) is 8.39. The van der Waals surface area contributed by atoms with Gasteiger partial charge in [0.25, 0.3) is 0 Å². The summed E-state index contributed by atoms with van der Waals surface area (Å²) >= 11 is 7.10. The molecule has 4 nitrogen and oxygen atoms in total. The number of hydrogen-bond donors (Lipinski definition) is 2. The topological polar surface area (TPSA) is 50.4 Å². The maximum absolute atomic E-state index is 12.3. The maximum Gasteiger partial charge on any atom is 0.340 e. The van der Waals surface area contributed by atoms with Crippen LogP contribution in [0.5, 0.6) is 0 Å². The van der Waals surface area contributed by atoms with Crippen molar-refractivity contribution in [1.82, 2.24) is 0 Å². The molecule has 0 radical (unpaired) electrons. The Labute approximate surface area is 187 Å². The van der Waals surface area contributed by atoms with Crippen molar-refractivity contribution in [3.63, 3.8) is 0 Å². The third kappa shape index (κ3) is 5.26. The Kier molecular flexibility index (Phi) is 7.60. The first-order chi connectivity index (χ1) is 14.5. The van der Waals surface area contributed by atoms with Crippen LogP contribution in [-0.2, 0) is 24.0 Å². The number of thiophene rings is 1. The molecular weight excluding hydrogens is 412 g/mol. The Balaban J connectivity index is 1.83. The standard InChI is InChI=1S/C24H26N2O2S2/c1-4-17-12-9-13-18(5-2)21(17)25-24(29)26-22-20(23(27)28-3)15-19(30-22)14-16-10-7-6-8-11-16/h6-13,15H,4-5,14H2,1-3H3,(H2,25,26,29). The first-order valence-electron chi connectivity index (χ1n) is 9.99. The normalized spacial score (nSPS) is 10.5. The lowest BCUT2D eigenvalue weighted by Crippen LogP contribution is -2.21. The highest BCUT2D eigenvalue weighted by Crippen LogP contribution is 2.31. The number of esters is 1. The fraction of sp³-hybridized carbons (Fsp3) is 0.250. The Morgan fingerprint density at radius 2 is 1.67 bits per heavy atom. The summed E-state index contributed by atoms with van der Waals surface area (Å²) < 4.78 is 4.98. The second-order valence-electron chi connectivity index (χ2n) is 6.85. The molecule has 1 aromatic heterocycles. The average Bonchev–Trinajstić information content (AvgIpc) is 3.15. The van der Waals surface area contributed by atoms with E-state index in [0.29, 0.717) is 15.7 Å². The Bertz CT molecular complexity index is 1010. The summed E-state index contributed by atoms with van der Waals surface area (Å²) in [5.41, 5.74) is 5.15. The highest BCUT2D eigenvalue weighted by atomic mass is 32.1. The predicted molar refractivity (Wildman–Crippen MR) is 130 cm³/mol. The van der Waals surface area contributed by atoms with E-state index in [-0.39, 0.29) is 5.97 Å². The van der Waals surface area contributed by atoms with Crippen molar-refractivity contribution < 1.29 is 9.53 Å². The highest BCUT2D eigenvalue weighted by Gasteiger charge is 2.18. The molecule has 2 N–H and O–H groups in total. The van der Waals surface area contributed by atoms with E-state index in [0.717, 1.165) is 29.8 Å². The third-order valence-electron chi connectivity index (χ3n) is 4.87. The van der Waals surface area contributed by atoms with Crippen LogP contribution in [0, 0.1) is 0 Å². The van der Waals surface area contributed by atoms with Crippen LogP contribution in [0.3, 0.4) is 0 Å². The van der Waals surface area contributed by atoms with Gasteiger partial charge in [0.15, 0.2) is 5.11 Å². The number of nitrogens with one attached hydrogen (secondary N) is 2. The van der Waals surface area contributed by atoms with E-state index >= 15 is 0 Å².